The summed E-state index contributed by atoms with van der Waals surface area (Å²) in [6.07, 6.45) is 4.25. The van der Waals surface area contributed by atoms with E-state index in [0.29, 0.717) is 12.3 Å². The molecule has 0 saturated heterocycles. The van der Waals surface area contributed by atoms with Gasteiger partial charge in [-0.25, -0.2) is 9.37 Å². The van der Waals surface area contributed by atoms with Crippen LogP contribution in [0.1, 0.15) is 42.2 Å². The number of thiocarbonyl (C=S) groups is 1. The predicted molar refractivity (Wildman–Crippen MR) is 104 cm³/mol. The molecule has 0 saturated carbocycles. The molecule has 0 radical (unpaired) electrons. The van der Waals surface area contributed by atoms with Crippen LogP contribution in [0.25, 0.3) is 0 Å². The number of hydrogen-bond acceptors (Lipinski definition) is 5. The van der Waals surface area contributed by atoms with Gasteiger partial charge in [0, 0.05) is 18.0 Å². The SMILES string of the molecule is CCCCCOc1ccc(NC(=S)NC(=O)c2ccc(C#N)nc2)cc1F. The van der Waals surface area contributed by atoms with Gasteiger partial charge in [-0.05, 0) is 42.9 Å². The summed E-state index contributed by atoms with van der Waals surface area (Å²) >= 11 is 5.07. The van der Waals surface area contributed by atoms with Crippen molar-refractivity contribution in [1.82, 2.24) is 10.3 Å². The molecule has 1 aromatic carbocycles. The normalized spacial score (nSPS) is 9.96. The molecule has 0 aliphatic heterocycles. The minimum Gasteiger partial charge on any atom is -0.491 e. The zero-order valence-corrected chi connectivity index (χ0v) is 15.6. The van der Waals surface area contributed by atoms with Gasteiger partial charge in [0.1, 0.15) is 11.8 Å². The molecule has 6 nitrogen and oxygen atoms in total. The zero-order chi connectivity index (χ0) is 19.6. The number of amides is 1. The maximum absolute atomic E-state index is 14.1. The lowest BCUT2D eigenvalue weighted by atomic mass is 10.2. The van der Waals surface area contributed by atoms with Crippen LogP contribution in [0.15, 0.2) is 36.5 Å². The van der Waals surface area contributed by atoms with E-state index in [4.69, 9.17) is 22.2 Å². The number of carbonyl (C=O) groups is 1. The second-order valence-electron chi connectivity index (χ2n) is 5.65. The van der Waals surface area contributed by atoms with Crippen LogP contribution in [0.3, 0.4) is 0 Å². The molecule has 1 amide bonds. The first-order valence-corrected chi connectivity index (χ1v) is 8.85. The van der Waals surface area contributed by atoms with Crippen molar-refractivity contribution in [3.05, 3.63) is 53.6 Å². The molecule has 140 valence electrons. The molecular formula is C19H19FN4O2S. The number of hydrogen-bond donors (Lipinski definition) is 2. The number of carbonyl (C=O) groups excluding carboxylic acids is 1. The third-order valence-corrected chi connectivity index (χ3v) is 3.77. The van der Waals surface area contributed by atoms with Gasteiger partial charge < -0.3 is 10.1 Å². The van der Waals surface area contributed by atoms with Crippen LogP contribution in [0.4, 0.5) is 10.1 Å². The van der Waals surface area contributed by atoms with E-state index in [9.17, 15) is 9.18 Å². The lowest BCUT2D eigenvalue weighted by Crippen LogP contribution is -2.34. The van der Waals surface area contributed by atoms with Gasteiger partial charge in [0.05, 0.1) is 12.2 Å². The number of nitriles is 1. The predicted octanol–water partition coefficient (Wildman–Crippen LogP) is 3.79. The lowest BCUT2D eigenvalue weighted by molar-refractivity contribution is 0.0977. The van der Waals surface area contributed by atoms with Crippen molar-refractivity contribution in [3.63, 3.8) is 0 Å². The molecule has 27 heavy (non-hydrogen) atoms. The van der Waals surface area contributed by atoms with Crippen molar-refractivity contribution < 1.29 is 13.9 Å². The molecule has 8 heteroatoms. The first-order valence-electron chi connectivity index (χ1n) is 8.44. The van der Waals surface area contributed by atoms with Gasteiger partial charge in [0.2, 0.25) is 0 Å². The van der Waals surface area contributed by atoms with Crippen LogP contribution in [-0.2, 0) is 0 Å². The molecule has 0 unspecified atom stereocenters. The molecule has 0 bridgehead atoms. The second-order valence-corrected chi connectivity index (χ2v) is 6.06. The average Bonchev–Trinajstić information content (AvgIpc) is 2.66. The summed E-state index contributed by atoms with van der Waals surface area (Å²) in [4.78, 5) is 15.9. The first-order chi connectivity index (χ1) is 13.0. The summed E-state index contributed by atoms with van der Waals surface area (Å²) in [6.45, 7) is 2.55. The molecule has 0 spiro atoms. The van der Waals surface area contributed by atoms with Crippen LogP contribution in [0.2, 0.25) is 0 Å². The van der Waals surface area contributed by atoms with Crippen molar-refractivity contribution in [2.75, 3.05) is 11.9 Å². The monoisotopic (exact) mass is 386 g/mol. The summed E-state index contributed by atoms with van der Waals surface area (Å²) < 4.78 is 19.5. The third kappa shape index (κ3) is 6.31. The van der Waals surface area contributed by atoms with Crippen LogP contribution in [0, 0.1) is 17.1 Å². The average molecular weight is 386 g/mol. The highest BCUT2D eigenvalue weighted by atomic mass is 32.1. The number of ether oxygens (including phenoxy) is 1. The number of nitrogens with zero attached hydrogens (tertiary/aromatic N) is 2. The van der Waals surface area contributed by atoms with E-state index in [1.54, 1.807) is 6.07 Å². The van der Waals surface area contributed by atoms with E-state index in [1.807, 2.05) is 6.07 Å². The van der Waals surface area contributed by atoms with E-state index in [2.05, 4.69) is 22.5 Å². The van der Waals surface area contributed by atoms with E-state index in [0.717, 1.165) is 19.3 Å². The Morgan fingerprint density at radius 1 is 1.33 bits per heavy atom. The number of anilines is 1. The van der Waals surface area contributed by atoms with Crippen LogP contribution >= 0.6 is 12.2 Å². The van der Waals surface area contributed by atoms with Crippen molar-refractivity contribution in [2.24, 2.45) is 0 Å². The minimum atomic E-state index is -0.512. The van der Waals surface area contributed by atoms with E-state index < -0.39 is 11.7 Å². The van der Waals surface area contributed by atoms with Crippen molar-refractivity contribution >= 4 is 28.9 Å². The fourth-order valence-electron chi connectivity index (χ4n) is 2.16. The Hall–Kier alpha value is -3.05. The molecule has 2 rings (SSSR count). The highest BCUT2D eigenvalue weighted by Crippen LogP contribution is 2.21. The summed E-state index contributed by atoms with van der Waals surface area (Å²) in [5, 5.41) is 13.9. The summed E-state index contributed by atoms with van der Waals surface area (Å²) in [5.41, 5.74) is 0.844. The number of halogens is 1. The van der Waals surface area contributed by atoms with Gasteiger partial charge in [0.25, 0.3) is 5.91 Å². The molecule has 0 aliphatic rings. The zero-order valence-electron chi connectivity index (χ0n) is 14.8. The number of benzene rings is 1. The Morgan fingerprint density at radius 2 is 2.15 bits per heavy atom. The molecular weight excluding hydrogens is 367 g/mol. The maximum Gasteiger partial charge on any atom is 0.258 e. The quantitative estimate of drug-likeness (QED) is 0.556. The Balaban J connectivity index is 1.90. The number of nitrogens with one attached hydrogen (secondary N) is 2. The molecule has 0 atom stereocenters. The molecule has 0 fully saturated rings. The molecule has 1 heterocycles. The smallest absolute Gasteiger partial charge is 0.258 e. The fourth-order valence-corrected chi connectivity index (χ4v) is 2.37. The Kier molecular flexibility index (Phi) is 7.64. The van der Waals surface area contributed by atoms with Gasteiger partial charge in [-0.1, -0.05) is 19.8 Å². The largest absolute Gasteiger partial charge is 0.491 e. The maximum atomic E-state index is 14.1. The van der Waals surface area contributed by atoms with Gasteiger partial charge >= 0.3 is 0 Å². The van der Waals surface area contributed by atoms with E-state index in [-0.39, 0.29) is 22.1 Å². The van der Waals surface area contributed by atoms with Crippen LogP contribution in [0.5, 0.6) is 5.75 Å². The number of rotatable bonds is 7. The Labute approximate surface area is 162 Å². The Morgan fingerprint density at radius 3 is 2.78 bits per heavy atom. The standard InChI is InChI=1S/C19H19FN4O2S/c1-2-3-4-9-26-17-8-7-14(10-16(17)20)23-19(27)24-18(25)13-5-6-15(11-21)22-12-13/h5-8,10,12H,2-4,9H2,1H3,(H2,23,24,25,27). The minimum absolute atomic E-state index is 0.0142. The number of aromatic nitrogens is 1. The number of unbranched alkanes of at least 4 members (excludes halogenated alkanes) is 2. The van der Waals surface area contributed by atoms with E-state index in [1.165, 1.54) is 30.5 Å². The summed E-state index contributed by atoms with van der Waals surface area (Å²) in [6, 6.07) is 9.14. The summed E-state index contributed by atoms with van der Waals surface area (Å²) in [7, 11) is 0. The highest BCUT2D eigenvalue weighted by molar-refractivity contribution is 7.80. The lowest BCUT2D eigenvalue weighted by Gasteiger charge is -2.11. The van der Waals surface area contributed by atoms with E-state index >= 15 is 0 Å². The molecule has 0 aliphatic carbocycles. The fraction of sp³-hybridized carbons (Fsp3) is 0.263. The van der Waals surface area contributed by atoms with Crippen molar-refractivity contribution in [2.45, 2.75) is 26.2 Å². The molecule has 1 aromatic heterocycles. The Bertz CT molecular complexity index is 850. The topological polar surface area (TPSA) is 87.0 Å². The van der Waals surface area contributed by atoms with Gasteiger partial charge in [-0.2, -0.15) is 5.26 Å². The van der Waals surface area contributed by atoms with Crippen LogP contribution in [-0.4, -0.2) is 22.6 Å². The van der Waals surface area contributed by atoms with Gasteiger partial charge in [-0.15, -0.1) is 0 Å². The third-order valence-electron chi connectivity index (χ3n) is 3.56. The molecule has 2 aromatic rings. The van der Waals surface area contributed by atoms with Crippen molar-refractivity contribution in [3.8, 4) is 11.8 Å². The molecule has 2 N–H and O–H groups in total. The van der Waals surface area contributed by atoms with Gasteiger partial charge in [0.15, 0.2) is 16.7 Å². The summed E-state index contributed by atoms with van der Waals surface area (Å²) in [5.74, 6) is -0.821. The highest BCUT2D eigenvalue weighted by Gasteiger charge is 2.10. The second kappa shape index (κ2) is 10.2. The number of pyridine rings is 1. The van der Waals surface area contributed by atoms with Crippen LogP contribution < -0.4 is 15.4 Å². The first kappa shape index (κ1) is 20.3. The van der Waals surface area contributed by atoms with Crippen molar-refractivity contribution in [1.29, 1.82) is 5.26 Å². The van der Waals surface area contributed by atoms with Gasteiger partial charge in [-0.3, -0.25) is 10.1 Å².